The van der Waals surface area contributed by atoms with Gasteiger partial charge in [0.1, 0.15) is 116 Å². The van der Waals surface area contributed by atoms with Gasteiger partial charge < -0.3 is 25.2 Å². The number of halogens is 5. The van der Waals surface area contributed by atoms with Crippen molar-refractivity contribution in [3.8, 4) is 144 Å². The number of aromatic nitrogens is 30. The first kappa shape index (κ1) is 101. The van der Waals surface area contributed by atoms with Crippen LogP contribution in [0.5, 0.6) is 0 Å². The Morgan fingerprint density at radius 1 is 0.367 bits per heavy atom. The zero-order valence-electron chi connectivity index (χ0n) is 79.4. The first-order valence-electron chi connectivity index (χ1n) is 45.2. The summed E-state index contributed by atoms with van der Waals surface area (Å²) in [6.45, 7) is 1.85. The summed E-state index contributed by atoms with van der Waals surface area (Å²) in [6.07, 6.45) is 20.7. The van der Waals surface area contributed by atoms with Crippen molar-refractivity contribution < 1.29 is 38.6 Å². The summed E-state index contributed by atoms with van der Waals surface area (Å²) in [6, 6.07) is 36.5. The minimum atomic E-state index is -1.35. The first-order chi connectivity index (χ1) is 72.5. The van der Waals surface area contributed by atoms with E-state index in [-0.39, 0.29) is 81.9 Å². The Morgan fingerprint density at radius 3 is 0.867 bits per heavy atom. The average Bonchev–Trinajstić information content (AvgIpc) is 1.46. The molecule has 2 fully saturated rings. The lowest BCUT2D eigenvalue weighted by atomic mass is 10.0. The quantitative estimate of drug-likeness (QED) is 0.0358. The molecule has 0 saturated heterocycles. The lowest BCUT2D eigenvalue weighted by Gasteiger charge is -2.13. The molecule has 11 N–H and O–H groups in total. The molecule has 0 atom stereocenters. The Hall–Kier alpha value is -19.4. The largest absolute Gasteiger partial charge is 0.465 e. The number of benzene rings is 5. The number of hydrogen-bond donors (Lipinski definition) is 11. The molecule has 0 radical (unpaired) electrons. The van der Waals surface area contributed by atoms with E-state index in [1.807, 2.05) is 54.6 Å². The monoisotopic (exact) mass is 2100 g/mol. The fourth-order valence-corrected chi connectivity index (χ4v) is 17.4. The molecule has 20 aromatic rings. The summed E-state index contributed by atoms with van der Waals surface area (Å²) in [5.74, 6) is 0.0961. The van der Waals surface area contributed by atoms with Crippen LogP contribution < -0.4 is 26.6 Å². The van der Waals surface area contributed by atoms with Crippen LogP contribution in [0.1, 0.15) is 80.3 Å². The summed E-state index contributed by atoms with van der Waals surface area (Å²) in [5.41, 5.74) is 13.0. The van der Waals surface area contributed by atoms with Crippen LogP contribution in [0.4, 0.5) is 43.5 Å². The van der Waals surface area contributed by atoms with Gasteiger partial charge in [0.2, 0.25) is 11.8 Å². The number of aryl methyl sites for hydroxylation is 5. The molecule has 0 unspecified atom stereocenters. The van der Waals surface area contributed by atoms with Gasteiger partial charge in [-0.15, -0.1) is 0 Å². The molecule has 5 aromatic carbocycles. The second-order valence-corrected chi connectivity index (χ2v) is 35.6. The van der Waals surface area contributed by atoms with Crippen LogP contribution >= 0.6 is 58.0 Å². The van der Waals surface area contributed by atoms with Crippen molar-refractivity contribution in [2.75, 3.05) is 40.3 Å². The molecule has 2 saturated carbocycles. The molecular weight excluding hydrogens is 2030 g/mol. The van der Waals surface area contributed by atoms with Crippen LogP contribution in [-0.4, -0.2) is 199 Å². The van der Waals surface area contributed by atoms with E-state index in [0.29, 0.717) is 178 Å². The molecule has 746 valence electrons. The number of anilines is 5. The molecule has 2 aliphatic carbocycles. The van der Waals surface area contributed by atoms with Crippen molar-refractivity contribution in [1.29, 1.82) is 26.3 Å². The number of nitriles is 5. The third-order valence-corrected chi connectivity index (χ3v) is 24.7. The number of carbonyl (C=O) groups is 5. The minimum Gasteiger partial charge on any atom is -0.465 e. The van der Waals surface area contributed by atoms with Gasteiger partial charge in [0.15, 0.2) is 57.6 Å². The van der Waals surface area contributed by atoms with Gasteiger partial charge in [0.25, 0.3) is 0 Å². The van der Waals surface area contributed by atoms with Gasteiger partial charge in [-0.2, -0.15) is 77.3 Å². The van der Waals surface area contributed by atoms with E-state index < -0.39 is 18.3 Å². The maximum Gasteiger partial charge on any atom is 0.412 e. The predicted octanol–water partition coefficient (Wildman–Crippen LogP) is 17.4. The molecule has 0 aliphatic heterocycles. The topological polar surface area (TPSA) is 665 Å². The highest BCUT2D eigenvalue weighted by Crippen LogP contribution is 2.43. The van der Waals surface area contributed by atoms with Crippen LogP contribution in [0.15, 0.2) is 153 Å². The molecule has 2 aliphatic rings. The van der Waals surface area contributed by atoms with Gasteiger partial charge in [-0.05, 0) is 130 Å². The molecular formula is C97H75Cl5N40O8. The second kappa shape index (κ2) is 43.6. The summed E-state index contributed by atoms with van der Waals surface area (Å²) in [4.78, 5) is 104. The summed E-state index contributed by atoms with van der Waals surface area (Å²) in [5, 5.41) is 132. The maximum atomic E-state index is 12.7. The normalized spacial score (nSPS) is 12.0. The van der Waals surface area contributed by atoms with E-state index in [1.54, 1.807) is 188 Å². The molecule has 22 rings (SSSR count). The van der Waals surface area contributed by atoms with E-state index in [4.69, 9.17) is 67.8 Å². The van der Waals surface area contributed by atoms with Crippen LogP contribution in [0.25, 0.3) is 168 Å². The molecule has 5 amide bonds. The van der Waals surface area contributed by atoms with E-state index in [1.165, 1.54) is 7.11 Å². The highest BCUT2D eigenvalue weighted by atomic mass is 35.5. The van der Waals surface area contributed by atoms with E-state index in [0.717, 1.165) is 65.5 Å². The van der Waals surface area contributed by atoms with Gasteiger partial charge in [-0.3, -0.25) is 74.4 Å². The summed E-state index contributed by atoms with van der Waals surface area (Å²) in [7, 11) is 10.1. The smallest absolute Gasteiger partial charge is 0.412 e. The molecule has 15 heterocycles. The Kier molecular flexibility index (Phi) is 29.3. The number of nitrogens with zero attached hydrogens (tertiary/aromatic N) is 30. The van der Waals surface area contributed by atoms with Crippen molar-refractivity contribution in [3.63, 3.8) is 0 Å². The Balaban J connectivity index is 0.000000122. The molecule has 150 heavy (non-hydrogen) atoms. The highest BCUT2D eigenvalue weighted by Gasteiger charge is 2.33. The first-order valence-corrected chi connectivity index (χ1v) is 47.0. The fraction of sp³-hybridized carbons (Fsp3) is 0.175. The van der Waals surface area contributed by atoms with E-state index in [2.05, 4.69) is 164 Å². The SMILES string of the molecule is CCOC(=O)Nc1nc(-c2ccn(C)n2)c(-c2cc(Cl)c3[nH]ncc3c2)nc1C#N.COC(=O)Nc1nc(-c2ccn(C)n2)c(-c2cc(Cl)c3[nH]ncc3c2)nc1C#N.Cn1ccc(-c2nc(NC(=O)C3CC3)c(C#N)nc2-c2cc(Cl)c3[nH]ncc3c2)n1.Cn1ccc(-c2nc(NC(=O)CC3CCCC3)c(C#N)nc2-c2cc(Cl)c3[nH]ncc3c2)n1.Cn1ccc(-c2nc(NC(=O)O)c(C#N)nc2-c2cc(Cl)c3[nH]ncc3c2)n1. The zero-order valence-corrected chi connectivity index (χ0v) is 83.1. The van der Waals surface area contributed by atoms with Gasteiger partial charge in [0.05, 0.1) is 97.4 Å². The van der Waals surface area contributed by atoms with Crippen molar-refractivity contribution in [2.45, 2.75) is 51.9 Å². The van der Waals surface area contributed by atoms with E-state index in [9.17, 15) is 50.3 Å². The van der Waals surface area contributed by atoms with Crippen LogP contribution in [-0.2, 0) is 54.3 Å². The Bertz CT molecular complexity index is 8970. The van der Waals surface area contributed by atoms with Crippen LogP contribution in [0.2, 0.25) is 25.1 Å². The van der Waals surface area contributed by atoms with E-state index >= 15 is 0 Å². The lowest BCUT2D eigenvalue weighted by Crippen LogP contribution is -2.18. The second-order valence-electron chi connectivity index (χ2n) is 33.5. The Labute approximate surface area is 870 Å². The predicted molar refractivity (Wildman–Crippen MR) is 550 cm³/mol. The van der Waals surface area contributed by atoms with Crippen LogP contribution in [0, 0.1) is 68.5 Å². The number of carboxylic acid groups (broad SMARTS) is 1. The van der Waals surface area contributed by atoms with Crippen molar-refractivity contribution >= 4 is 172 Å². The standard InChI is InChI=1S/C23H21ClN8O.C20H15ClN8O.C19H15ClN8O2.C18H13ClN8O2.C17H11ClN8O2/c1-32-7-6-17(31-32)22-21(14-9-15-12-26-30-20(15)16(24)10-14)27-18(11-25)23(29-22)28-19(33)8-13-4-2-3-5-13;1-29-5-4-14(28-29)18-17(11-6-12-9-23-27-16(12)13(21)7-11)24-15(8-22)19(25-18)26-20(30)10-2-3-10;1-3-30-19(29)25-18-14(8-21)23-16(17(24-18)13-4-5-28(2)27-13)10-6-11-9-22-26-15(11)12(20)7-10;1-27-4-3-12(26-27)16-15(9-5-10-8-21-25-14(10)11(19)6-9)22-13(7-20)17(23-16)24-18(28)29-2;1-26-3-2-11(25-26)15-14(21-12(6-19)16(22-15)23-17(27)28)8-4-9-7-20-24-13(9)10(18)5-8/h6-7,9-10,12-13H,2-5,8H2,1H3,(H,26,30)(H,28,29,33);4-7,9-10H,2-3H2,1H3,(H,23,27)(H,25,26,30);4-7,9H,3H2,1-2H3,(H,22,26)(H,24,25,29);3-6,8H,1-2H3,(H,21,25)(H,23,24,28);2-5,7H,1H3,(H,20,24)(H,22,23)(H,27,28). The molecule has 0 bridgehead atoms. The minimum absolute atomic E-state index is 0.0177. The van der Waals surface area contributed by atoms with Crippen molar-refractivity contribution in [3.05, 3.63) is 207 Å². The van der Waals surface area contributed by atoms with Gasteiger partial charge in [-0.1, -0.05) is 70.8 Å². The number of nitrogens with one attached hydrogen (secondary N) is 10. The maximum absolute atomic E-state index is 12.7. The molecule has 53 heteroatoms. The number of ether oxygens (including phenoxy) is 2. The zero-order chi connectivity index (χ0) is 105. The van der Waals surface area contributed by atoms with Gasteiger partial charge >= 0.3 is 18.3 Å². The molecule has 0 spiro atoms. The third kappa shape index (κ3) is 22.0. The number of rotatable bonds is 19. The number of amides is 5. The van der Waals surface area contributed by atoms with Gasteiger partial charge in [0, 0.05) is 133 Å². The average molecular weight is 2110 g/mol. The van der Waals surface area contributed by atoms with Gasteiger partial charge in [-0.25, -0.2) is 64.2 Å². The van der Waals surface area contributed by atoms with Crippen molar-refractivity contribution in [2.24, 2.45) is 47.1 Å². The summed E-state index contributed by atoms with van der Waals surface area (Å²) < 4.78 is 17.6. The Morgan fingerprint density at radius 2 is 0.627 bits per heavy atom. The van der Waals surface area contributed by atoms with Crippen molar-refractivity contribution in [1.82, 2.24) is 150 Å². The molecule has 15 aromatic heterocycles. The van der Waals surface area contributed by atoms with Crippen LogP contribution in [0.3, 0.4) is 0 Å². The molecule has 48 nitrogen and oxygen atoms in total. The lowest BCUT2D eigenvalue weighted by molar-refractivity contribution is -0.118. The fourth-order valence-electron chi connectivity index (χ4n) is 16.1. The highest BCUT2D eigenvalue weighted by molar-refractivity contribution is 6.37. The number of hydrogen-bond acceptors (Lipinski definition) is 32. The third-order valence-electron chi connectivity index (χ3n) is 23.2. The number of aromatic amines is 5. The number of carbonyl (C=O) groups excluding carboxylic acids is 4. The number of H-pyrrole nitrogens is 5. The number of fused-ring (bicyclic) bond motifs is 5. The summed E-state index contributed by atoms with van der Waals surface area (Å²) >= 11 is 32.0. The number of methoxy groups -OCH3 is 1.